The van der Waals surface area contributed by atoms with Crippen LogP contribution in [0.4, 0.5) is 5.13 Å². The number of nitrogens with zero attached hydrogens (tertiary/aromatic N) is 3. The smallest absolute Gasteiger partial charge is 0.274 e. The Kier molecular flexibility index (Phi) is 5.26. The first kappa shape index (κ1) is 18.7. The van der Waals surface area contributed by atoms with Gasteiger partial charge in [-0.3, -0.25) is 14.9 Å². The van der Waals surface area contributed by atoms with Crippen LogP contribution < -0.4 is 5.32 Å². The highest BCUT2D eigenvalue weighted by molar-refractivity contribution is 7.89. The van der Waals surface area contributed by atoms with E-state index in [0.717, 1.165) is 30.6 Å². The van der Waals surface area contributed by atoms with Crippen molar-refractivity contribution in [3.8, 4) is 0 Å². The third-order valence-corrected chi connectivity index (χ3v) is 6.87. The summed E-state index contributed by atoms with van der Waals surface area (Å²) in [6.45, 7) is 2.41. The highest BCUT2D eigenvalue weighted by Gasteiger charge is 2.28. The van der Waals surface area contributed by atoms with Crippen molar-refractivity contribution in [2.45, 2.75) is 31.1 Å². The summed E-state index contributed by atoms with van der Waals surface area (Å²) in [5.74, 6) is -0.660. The molecule has 0 spiro atoms. The Bertz CT molecular complexity index is 939. The molecule has 1 aliphatic rings. The van der Waals surface area contributed by atoms with E-state index in [4.69, 9.17) is 0 Å². The van der Waals surface area contributed by atoms with Crippen molar-refractivity contribution in [1.82, 2.24) is 13.9 Å². The summed E-state index contributed by atoms with van der Waals surface area (Å²) in [6, 6.07) is 1.37. The predicted octanol–water partition coefficient (Wildman–Crippen LogP) is 2.11. The van der Waals surface area contributed by atoms with Crippen molar-refractivity contribution in [1.29, 1.82) is 0 Å². The number of hydrogen-bond acceptors (Lipinski definition) is 6. The number of anilines is 1. The molecule has 1 N–H and O–H groups in total. The van der Waals surface area contributed by atoms with Gasteiger partial charge in [-0.2, -0.15) is 4.31 Å². The first-order valence-electron chi connectivity index (χ1n) is 8.23. The third-order valence-electron chi connectivity index (χ3n) is 4.25. The fourth-order valence-corrected chi connectivity index (χ4v) is 5.14. The normalized spacial score (nSPS) is 15.8. The maximum atomic E-state index is 12.7. The Hall–Kier alpha value is -2.04. The second-order valence-corrected chi connectivity index (χ2v) is 8.98. The number of thiazole rings is 1. The van der Waals surface area contributed by atoms with Gasteiger partial charge in [-0.05, 0) is 18.9 Å². The van der Waals surface area contributed by atoms with E-state index in [-0.39, 0.29) is 22.1 Å². The summed E-state index contributed by atoms with van der Waals surface area (Å²) in [5, 5.41) is 4.46. The molecule has 1 fully saturated rings. The molecule has 2 aromatic heterocycles. The van der Waals surface area contributed by atoms with Gasteiger partial charge in [-0.25, -0.2) is 13.4 Å². The highest BCUT2D eigenvalue weighted by atomic mass is 32.2. The number of nitrogens with one attached hydrogen (secondary N) is 1. The number of aryl methyl sites for hydroxylation is 1. The van der Waals surface area contributed by atoms with Crippen LogP contribution in [0, 0.1) is 0 Å². The minimum absolute atomic E-state index is 0.107. The number of rotatable bonds is 5. The molecule has 0 radical (unpaired) electrons. The number of amides is 1. The molecular formula is C16H20N4O4S2. The Morgan fingerprint density at radius 2 is 1.92 bits per heavy atom. The van der Waals surface area contributed by atoms with Crippen molar-refractivity contribution in [2.24, 2.45) is 7.05 Å². The molecule has 3 heterocycles. The molecule has 3 rings (SSSR count). The highest BCUT2D eigenvalue weighted by Crippen LogP contribution is 2.23. The van der Waals surface area contributed by atoms with Crippen molar-refractivity contribution in [3.05, 3.63) is 29.0 Å². The lowest BCUT2D eigenvalue weighted by Crippen LogP contribution is -2.35. The molecule has 8 nitrogen and oxygen atoms in total. The number of carbonyl (C=O) groups is 2. The van der Waals surface area contributed by atoms with E-state index in [9.17, 15) is 18.0 Å². The number of hydrogen-bond donors (Lipinski definition) is 1. The predicted molar refractivity (Wildman–Crippen MR) is 98.1 cm³/mol. The molecular weight excluding hydrogens is 376 g/mol. The number of aromatic nitrogens is 2. The number of ketones is 1. The first-order chi connectivity index (χ1) is 12.3. The fourth-order valence-electron chi connectivity index (χ4n) is 2.81. The molecule has 1 aliphatic heterocycles. The molecule has 0 bridgehead atoms. The SMILES string of the molecule is CC(=O)c1csc(NC(=O)c2cc(S(=O)(=O)N3CCCCC3)cn2C)n1. The van der Waals surface area contributed by atoms with E-state index in [1.165, 1.54) is 28.1 Å². The molecule has 0 aromatic carbocycles. The maximum Gasteiger partial charge on any atom is 0.274 e. The summed E-state index contributed by atoms with van der Waals surface area (Å²) in [7, 11) is -1.98. The summed E-state index contributed by atoms with van der Waals surface area (Å²) >= 11 is 1.14. The van der Waals surface area contributed by atoms with Crippen LogP contribution in [0.3, 0.4) is 0 Å². The summed E-state index contributed by atoms with van der Waals surface area (Å²) < 4.78 is 28.4. The molecule has 140 valence electrons. The Labute approximate surface area is 155 Å². The van der Waals surface area contributed by atoms with E-state index >= 15 is 0 Å². The Morgan fingerprint density at radius 1 is 1.23 bits per heavy atom. The average molecular weight is 396 g/mol. The second kappa shape index (κ2) is 7.29. The lowest BCUT2D eigenvalue weighted by atomic mass is 10.2. The molecule has 0 saturated carbocycles. The van der Waals surface area contributed by atoms with E-state index in [0.29, 0.717) is 18.2 Å². The summed E-state index contributed by atoms with van der Waals surface area (Å²) in [5.41, 5.74) is 0.491. The number of piperidine rings is 1. The van der Waals surface area contributed by atoms with E-state index in [1.54, 1.807) is 12.4 Å². The van der Waals surface area contributed by atoms with Crippen molar-refractivity contribution < 1.29 is 18.0 Å². The van der Waals surface area contributed by atoms with Crippen LogP contribution in [-0.4, -0.2) is 47.1 Å². The summed E-state index contributed by atoms with van der Waals surface area (Å²) in [4.78, 5) is 27.9. The zero-order valence-corrected chi connectivity index (χ0v) is 16.2. The Balaban J connectivity index is 1.80. The van der Waals surface area contributed by atoms with Gasteiger partial charge in [-0.15, -0.1) is 11.3 Å². The van der Waals surface area contributed by atoms with Crippen LogP contribution in [-0.2, 0) is 17.1 Å². The summed E-state index contributed by atoms with van der Waals surface area (Å²) in [6.07, 6.45) is 4.18. The fraction of sp³-hybridized carbons (Fsp3) is 0.438. The number of sulfonamides is 1. The van der Waals surface area contributed by atoms with Crippen LogP contribution in [0.5, 0.6) is 0 Å². The van der Waals surface area contributed by atoms with E-state index in [2.05, 4.69) is 10.3 Å². The van der Waals surface area contributed by atoms with Crippen molar-refractivity contribution >= 4 is 38.2 Å². The second-order valence-electron chi connectivity index (χ2n) is 6.18. The zero-order chi connectivity index (χ0) is 18.9. The third kappa shape index (κ3) is 3.71. The molecule has 26 heavy (non-hydrogen) atoms. The van der Waals surface area contributed by atoms with Crippen LogP contribution in [0.2, 0.25) is 0 Å². The monoisotopic (exact) mass is 396 g/mol. The van der Waals surface area contributed by atoms with Gasteiger partial charge in [0.15, 0.2) is 10.9 Å². The van der Waals surface area contributed by atoms with Gasteiger partial charge < -0.3 is 4.57 Å². The van der Waals surface area contributed by atoms with Crippen LogP contribution in [0.15, 0.2) is 22.5 Å². The van der Waals surface area contributed by atoms with E-state index < -0.39 is 15.9 Å². The van der Waals surface area contributed by atoms with Gasteiger partial charge >= 0.3 is 0 Å². The molecule has 1 saturated heterocycles. The van der Waals surface area contributed by atoms with Crippen LogP contribution in [0.1, 0.15) is 47.2 Å². The van der Waals surface area contributed by atoms with Crippen LogP contribution in [0.25, 0.3) is 0 Å². The number of Topliss-reactive ketones (excluding diaryl/α,β-unsaturated/α-hetero) is 1. The Morgan fingerprint density at radius 3 is 2.54 bits per heavy atom. The lowest BCUT2D eigenvalue weighted by molar-refractivity contribution is 0.100. The lowest BCUT2D eigenvalue weighted by Gasteiger charge is -2.25. The van der Waals surface area contributed by atoms with Gasteiger partial charge in [0.2, 0.25) is 10.0 Å². The minimum atomic E-state index is -3.60. The van der Waals surface area contributed by atoms with E-state index in [1.807, 2.05) is 0 Å². The standard InChI is InChI=1S/C16H20N4O4S2/c1-11(21)13-10-25-16(17-13)18-15(22)14-8-12(9-19(14)2)26(23,24)20-6-4-3-5-7-20/h8-10H,3-7H2,1-2H3,(H,17,18,22). The number of carbonyl (C=O) groups excluding carboxylic acids is 2. The molecule has 0 atom stereocenters. The average Bonchev–Trinajstić information content (AvgIpc) is 3.22. The quantitative estimate of drug-likeness (QED) is 0.780. The first-order valence-corrected chi connectivity index (χ1v) is 10.6. The van der Waals surface area contributed by atoms with Gasteiger partial charge in [0.25, 0.3) is 5.91 Å². The van der Waals surface area contributed by atoms with Crippen molar-refractivity contribution in [2.75, 3.05) is 18.4 Å². The maximum absolute atomic E-state index is 12.7. The van der Waals surface area contributed by atoms with Gasteiger partial charge in [0.05, 0.1) is 0 Å². The van der Waals surface area contributed by atoms with Gasteiger partial charge in [0.1, 0.15) is 16.3 Å². The van der Waals surface area contributed by atoms with Crippen LogP contribution >= 0.6 is 11.3 Å². The minimum Gasteiger partial charge on any atom is -0.345 e. The molecule has 0 aliphatic carbocycles. The van der Waals surface area contributed by atoms with Crippen molar-refractivity contribution in [3.63, 3.8) is 0 Å². The molecule has 2 aromatic rings. The zero-order valence-electron chi connectivity index (χ0n) is 14.6. The molecule has 0 unspecified atom stereocenters. The largest absolute Gasteiger partial charge is 0.345 e. The topological polar surface area (TPSA) is 101 Å². The van der Waals surface area contributed by atoms with Gasteiger partial charge in [0, 0.05) is 38.6 Å². The van der Waals surface area contributed by atoms with Gasteiger partial charge in [-0.1, -0.05) is 6.42 Å². The molecule has 10 heteroatoms. The molecule has 1 amide bonds.